The molecule has 0 fully saturated rings. The summed E-state index contributed by atoms with van der Waals surface area (Å²) in [6.07, 6.45) is 1.20. The van der Waals surface area contributed by atoms with Gasteiger partial charge in [0.2, 0.25) is 21.8 Å². The van der Waals surface area contributed by atoms with Crippen LogP contribution in [0.15, 0.2) is 72.8 Å². The highest BCUT2D eigenvalue weighted by Crippen LogP contribution is 2.35. The smallest absolute Gasteiger partial charge is 0.244 e. The minimum Gasteiger partial charge on any atom is -0.354 e. The molecule has 0 bridgehead atoms. The van der Waals surface area contributed by atoms with Crippen molar-refractivity contribution in [1.82, 2.24) is 10.2 Å². The molecule has 214 valence electrons. The molecule has 0 unspecified atom stereocenters. The van der Waals surface area contributed by atoms with Crippen LogP contribution >= 0.6 is 34.8 Å². The highest BCUT2D eigenvalue weighted by atomic mass is 35.5. The first-order chi connectivity index (χ1) is 18.9. The number of hydrogen-bond acceptors (Lipinski definition) is 4. The van der Waals surface area contributed by atoms with Crippen LogP contribution in [0.4, 0.5) is 5.69 Å². The zero-order valence-corrected chi connectivity index (χ0v) is 25.6. The van der Waals surface area contributed by atoms with E-state index in [0.29, 0.717) is 6.54 Å². The Morgan fingerprint density at radius 1 is 0.850 bits per heavy atom. The molecule has 2 amide bonds. The molecule has 0 aliphatic carbocycles. The van der Waals surface area contributed by atoms with E-state index in [1.807, 2.05) is 74.5 Å². The van der Waals surface area contributed by atoms with Gasteiger partial charge >= 0.3 is 0 Å². The Hall–Kier alpha value is -2.78. The predicted octanol–water partition coefficient (Wildman–Crippen LogP) is 5.83. The van der Waals surface area contributed by atoms with Gasteiger partial charge in [0, 0.05) is 19.5 Å². The summed E-state index contributed by atoms with van der Waals surface area (Å²) >= 11 is 18.6. The van der Waals surface area contributed by atoms with Crippen molar-refractivity contribution in [2.75, 3.05) is 23.7 Å². The summed E-state index contributed by atoms with van der Waals surface area (Å²) in [5, 5.41) is 3.18. The zero-order valence-electron chi connectivity index (χ0n) is 22.5. The molecule has 11 heteroatoms. The second-order valence-corrected chi connectivity index (χ2v) is 13.0. The van der Waals surface area contributed by atoms with Crippen LogP contribution in [0.2, 0.25) is 15.1 Å². The number of hydrogen-bond donors (Lipinski definition) is 1. The summed E-state index contributed by atoms with van der Waals surface area (Å²) in [6.45, 7) is 3.85. The molecule has 3 aromatic rings. The van der Waals surface area contributed by atoms with E-state index in [0.717, 1.165) is 21.7 Å². The fraction of sp³-hybridized carbons (Fsp3) is 0.310. The van der Waals surface area contributed by atoms with Gasteiger partial charge in [-0.25, -0.2) is 8.42 Å². The molecule has 1 atom stereocenters. The van der Waals surface area contributed by atoms with E-state index in [-0.39, 0.29) is 45.5 Å². The van der Waals surface area contributed by atoms with Gasteiger partial charge in [0.05, 0.1) is 27.0 Å². The summed E-state index contributed by atoms with van der Waals surface area (Å²) in [4.78, 5) is 29.1. The van der Waals surface area contributed by atoms with Gasteiger partial charge in [-0.05, 0) is 29.2 Å². The standard InChI is InChI=1S/C29H32Cl3N3O4S/c1-20(2)17-33-29(37)27(14-21-10-6-4-7-11-21)34(18-22-12-8-5-9-13-22)28(36)19-35(40(3,38)39)26-16-24(31)23(30)15-25(26)32/h4-13,15-16,20,27H,14,17-19H2,1-3H3,(H,33,37)/t27-/m0/s1. The Balaban J connectivity index is 2.06. The van der Waals surface area contributed by atoms with Crippen molar-refractivity contribution in [2.24, 2.45) is 5.92 Å². The average Bonchev–Trinajstić information content (AvgIpc) is 2.90. The van der Waals surface area contributed by atoms with Crippen LogP contribution in [-0.2, 0) is 32.6 Å². The number of sulfonamides is 1. The lowest BCUT2D eigenvalue weighted by Gasteiger charge is -2.34. The third-order valence-electron chi connectivity index (χ3n) is 6.09. The van der Waals surface area contributed by atoms with E-state index in [2.05, 4.69) is 5.32 Å². The third kappa shape index (κ3) is 8.86. The van der Waals surface area contributed by atoms with Crippen LogP contribution in [0.3, 0.4) is 0 Å². The average molecular weight is 625 g/mol. The van der Waals surface area contributed by atoms with Crippen molar-refractivity contribution in [3.8, 4) is 0 Å². The Morgan fingerprint density at radius 3 is 1.95 bits per heavy atom. The Morgan fingerprint density at radius 2 is 1.40 bits per heavy atom. The molecular formula is C29H32Cl3N3O4S. The summed E-state index contributed by atoms with van der Waals surface area (Å²) in [6, 6.07) is 20.3. The summed E-state index contributed by atoms with van der Waals surface area (Å²) in [7, 11) is -4.00. The lowest BCUT2D eigenvalue weighted by Crippen LogP contribution is -2.53. The second kappa shape index (κ2) is 14.2. The molecule has 7 nitrogen and oxygen atoms in total. The zero-order chi connectivity index (χ0) is 29.4. The highest BCUT2D eigenvalue weighted by Gasteiger charge is 2.33. The number of rotatable bonds is 12. The molecule has 0 radical (unpaired) electrons. The first-order valence-corrected chi connectivity index (χ1v) is 15.6. The first-order valence-electron chi connectivity index (χ1n) is 12.6. The van der Waals surface area contributed by atoms with Crippen LogP contribution in [-0.4, -0.2) is 50.5 Å². The predicted molar refractivity (Wildman–Crippen MR) is 162 cm³/mol. The van der Waals surface area contributed by atoms with Gasteiger partial charge in [-0.1, -0.05) is 109 Å². The number of carbonyl (C=O) groups excluding carboxylic acids is 2. The van der Waals surface area contributed by atoms with E-state index in [9.17, 15) is 18.0 Å². The lowest BCUT2D eigenvalue weighted by atomic mass is 10.0. The van der Waals surface area contributed by atoms with Crippen LogP contribution in [0, 0.1) is 5.92 Å². The third-order valence-corrected chi connectivity index (χ3v) is 8.24. The molecule has 1 N–H and O–H groups in total. The van der Waals surface area contributed by atoms with Crippen LogP contribution in [0.1, 0.15) is 25.0 Å². The Bertz CT molecular complexity index is 1420. The fourth-order valence-corrected chi connectivity index (χ4v) is 5.60. The van der Waals surface area contributed by atoms with E-state index < -0.39 is 28.5 Å². The number of anilines is 1. The topological polar surface area (TPSA) is 86.8 Å². The van der Waals surface area contributed by atoms with E-state index in [4.69, 9.17) is 34.8 Å². The molecule has 0 aliphatic heterocycles. The van der Waals surface area contributed by atoms with E-state index in [1.54, 1.807) is 0 Å². The molecule has 3 rings (SSSR count). The molecule has 0 heterocycles. The number of halogens is 3. The molecule has 0 aromatic heterocycles. The van der Waals surface area contributed by atoms with E-state index >= 15 is 0 Å². The molecule has 0 aliphatic rings. The Labute approximate surface area is 251 Å². The highest BCUT2D eigenvalue weighted by molar-refractivity contribution is 7.92. The lowest BCUT2D eigenvalue weighted by molar-refractivity contribution is -0.140. The van der Waals surface area contributed by atoms with Gasteiger partial charge in [-0.3, -0.25) is 13.9 Å². The number of nitrogens with one attached hydrogen (secondary N) is 1. The van der Waals surface area contributed by atoms with Crippen molar-refractivity contribution < 1.29 is 18.0 Å². The largest absolute Gasteiger partial charge is 0.354 e. The number of benzene rings is 3. The van der Waals surface area contributed by atoms with Gasteiger partial charge in [0.25, 0.3) is 0 Å². The molecule has 0 saturated heterocycles. The minimum atomic E-state index is -4.00. The van der Waals surface area contributed by atoms with Gasteiger partial charge in [0.15, 0.2) is 0 Å². The van der Waals surface area contributed by atoms with Crippen molar-refractivity contribution in [3.05, 3.63) is 99.0 Å². The fourth-order valence-electron chi connectivity index (χ4n) is 4.05. The molecule has 40 heavy (non-hydrogen) atoms. The minimum absolute atomic E-state index is 0.00967. The molecular weight excluding hydrogens is 593 g/mol. The molecule has 0 saturated carbocycles. The van der Waals surface area contributed by atoms with Crippen molar-refractivity contribution >= 4 is 62.3 Å². The monoisotopic (exact) mass is 623 g/mol. The second-order valence-electron chi connectivity index (χ2n) is 9.84. The SMILES string of the molecule is CC(C)CNC(=O)[C@H](Cc1ccccc1)N(Cc1ccccc1)C(=O)CN(c1cc(Cl)c(Cl)cc1Cl)S(C)(=O)=O. The maximum Gasteiger partial charge on any atom is 0.244 e. The number of amides is 2. The maximum atomic E-state index is 14.1. The molecule has 0 spiro atoms. The number of nitrogens with zero attached hydrogens (tertiary/aromatic N) is 2. The van der Waals surface area contributed by atoms with Crippen molar-refractivity contribution in [1.29, 1.82) is 0 Å². The number of carbonyl (C=O) groups is 2. The van der Waals surface area contributed by atoms with Crippen LogP contribution in [0.25, 0.3) is 0 Å². The van der Waals surface area contributed by atoms with Crippen LogP contribution in [0.5, 0.6) is 0 Å². The van der Waals surface area contributed by atoms with Gasteiger partial charge in [-0.15, -0.1) is 0 Å². The van der Waals surface area contributed by atoms with E-state index in [1.165, 1.54) is 17.0 Å². The summed E-state index contributed by atoms with van der Waals surface area (Å²) in [5.74, 6) is -0.727. The van der Waals surface area contributed by atoms with Crippen LogP contribution < -0.4 is 9.62 Å². The summed E-state index contributed by atoms with van der Waals surface area (Å²) in [5.41, 5.74) is 1.64. The van der Waals surface area contributed by atoms with Crippen molar-refractivity contribution in [3.63, 3.8) is 0 Å². The normalized spacial score (nSPS) is 12.2. The first kappa shape index (κ1) is 31.7. The van der Waals surface area contributed by atoms with Gasteiger partial charge in [0.1, 0.15) is 12.6 Å². The van der Waals surface area contributed by atoms with Gasteiger partial charge < -0.3 is 10.2 Å². The maximum absolute atomic E-state index is 14.1. The quantitative estimate of drug-likeness (QED) is 0.257. The Kier molecular flexibility index (Phi) is 11.3. The van der Waals surface area contributed by atoms with Crippen molar-refractivity contribution in [2.45, 2.75) is 32.9 Å². The summed E-state index contributed by atoms with van der Waals surface area (Å²) < 4.78 is 26.7. The van der Waals surface area contributed by atoms with Gasteiger partial charge in [-0.2, -0.15) is 0 Å². The molecule has 3 aromatic carbocycles.